The molecule has 0 spiro atoms. The van der Waals surface area contributed by atoms with E-state index in [2.05, 4.69) is 10.6 Å². The summed E-state index contributed by atoms with van der Waals surface area (Å²) < 4.78 is 0. The highest BCUT2D eigenvalue weighted by atomic mass is 16.2. The normalized spacial score (nSPS) is 14.4. The van der Waals surface area contributed by atoms with Crippen LogP contribution < -0.4 is 15.5 Å². The van der Waals surface area contributed by atoms with Gasteiger partial charge in [0, 0.05) is 18.8 Å². The quantitative estimate of drug-likeness (QED) is 0.551. The maximum absolute atomic E-state index is 12.3. The minimum absolute atomic E-state index is 0.0154. The average Bonchev–Trinajstić information content (AvgIpc) is 3.38. The average molecular weight is 361 g/mol. The highest BCUT2D eigenvalue weighted by molar-refractivity contribution is 5.95. The van der Waals surface area contributed by atoms with Crippen LogP contribution in [0.3, 0.4) is 0 Å². The minimum atomic E-state index is -0.231. The number of aryl methyl sites for hydroxylation is 1. The van der Waals surface area contributed by atoms with Crippen molar-refractivity contribution in [2.45, 2.75) is 32.2 Å². The van der Waals surface area contributed by atoms with Crippen LogP contribution in [-0.4, -0.2) is 62.4 Å². The fourth-order valence-corrected chi connectivity index (χ4v) is 2.68. The predicted octanol–water partition coefficient (Wildman–Crippen LogP) is -0.561. The predicted molar refractivity (Wildman–Crippen MR) is 99.9 cm³/mol. The van der Waals surface area contributed by atoms with Gasteiger partial charge in [-0.05, 0) is 30.9 Å². The van der Waals surface area contributed by atoms with Gasteiger partial charge >= 0.3 is 0 Å². The molecule has 142 valence electrons. The maximum Gasteiger partial charge on any atom is 0.277 e. The van der Waals surface area contributed by atoms with Gasteiger partial charge in [-0.1, -0.05) is 25.1 Å². The molecule has 0 heterocycles. The summed E-state index contributed by atoms with van der Waals surface area (Å²) in [5, 5.41) is 5.77. The van der Waals surface area contributed by atoms with E-state index in [-0.39, 0.29) is 37.4 Å². The zero-order chi connectivity index (χ0) is 19.1. The second-order valence-corrected chi connectivity index (χ2v) is 6.96. The van der Waals surface area contributed by atoms with Crippen molar-refractivity contribution in [2.24, 2.45) is 0 Å². The Balaban J connectivity index is 1.76. The van der Waals surface area contributed by atoms with Gasteiger partial charge < -0.3 is 20.4 Å². The van der Waals surface area contributed by atoms with Gasteiger partial charge in [-0.3, -0.25) is 14.4 Å². The Morgan fingerprint density at radius 2 is 1.85 bits per heavy atom. The summed E-state index contributed by atoms with van der Waals surface area (Å²) in [7, 11) is 3.40. The van der Waals surface area contributed by atoms with E-state index >= 15 is 0 Å². The third-order valence-electron chi connectivity index (χ3n) is 4.34. The zero-order valence-corrected chi connectivity index (χ0v) is 15.8. The molecule has 1 aliphatic carbocycles. The molecule has 3 amide bonds. The maximum atomic E-state index is 12.3. The largest absolute Gasteiger partial charge is 0.348 e. The minimum Gasteiger partial charge on any atom is -0.348 e. The molecule has 7 nitrogen and oxygen atoms in total. The number of para-hydroxylation sites is 1. The Morgan fingerprint density at radius 1 is 1.15 bits per heavy atom. The number of anilines is 1. The molecule has 26 heavy (non-hydrogen) atoms. The molecular formula is C19H29N4O3+. The number of nitrogens with zero attached hydrogens (tertiary/aromatic N) is 1. The van der Waals surface area contributed by atoms with Crippen molar-refractivity contribution in [3.8, 4) is 0 Å². The van der Waals surface area contributed by atoms with Crippen molar-refractivity contribution in [1.82, 2.24) is 10.2 Å². The lowest BCUT2D eigenvalue weighted by Gasteiger charge is -2.20. The number of hydrogen-bond acceptors (Lipinski definition) is 3. The van der Waals surface area contributed by atoms with E-state index in [9.17, 15) is 14.4 Å². The molecule has 0 radical (unpaired) electrons. The fraction of sp³-hybridized carbons (Fsp3) is 0.526. The number of likely N-dealkylation sites (N-methyl/N-ethyl adjacent to an activating group) is 2. The van der Waals surface area contributed by atoms with Crippen LogP contribution in [0.1, 0.15) is 25.3 Å². The van der Waals surface area contributed by atoms with E-state index in [4.69, 9.17) is 0 Å². The Hall–Kier alpha value is -2.41. The van der Waals surface area contributed by atoms with Crippen LogP contribution >= 0.6 is 0 Å². The Kier molecular flexibility index (Phi) is 7.15. The number of rotatable bonds is 9. The molecule has 1 aliphatic rings. The lowest BCUT2D eigenvalue weighted by Crippen LogP contribution is -3.11. The molecule has 1 unspecified atom stereocenters. The zero-order valence-electron chi connectivity index (χ0n) is 15.8. The summed E-state index contributed by atoms with van der Waals surface area (Å²) >= 11 is 0. The first-order chi connectivity index (χ1) is 12.4. The molecule has 0 bridgehead atoms. The van der Waals surface area contributed by atoms with Gasteiger partial charge in [0.25, 0.3) is 11.8 Å². The van der Waals surface area contributed by atoms with Crippen LogP contribution in [0.2, 0.25) is 0 Å². The molecule has 1 saturated carbocycles. The van der Waals surface area contributed by atoms with Gasteiger partial charge in [0.2, 0.25) is 5.91 Å². The van der Waals surface area contributed by atoms with E-state index in [0.717, 1.165) is 35.4 Å². The van der Waals surface area contributed by atoms with E-state index in [1.807, 2.05) is 31.2 Å². The number of carbonyl (C=O) groups excluding carboxylic acids is 3. The molecule has 1 atom stereocenters. The molecule has 1 fully saturated rings. The first-order valence-corrected chi connectivity index (χ1v) is 9.11. The molecule has 2 rings (SSSR count). The first-order valence-electron chi connectivity index (χ1n) is 9.11. The Bertz CT molecular complexity index is 658. The summed E-state index contributed by atoms with van der Waals surface area (Å²) in [6.45, 7) is 2.44. The lowest BCUT2D eigenvalue weighted by atomic mass is 10.1. The van der Waals surface area contributed by atoms with Crippen molar-refractivity contribution in [3.63, 3.8) is 0 Å². The summed E-state index contributed by atoms with van der Waals surface area (Å²) in [5.74, 6) is -0.430. The Morgan fingerprint density at radius 3 is 2.50 bits per heavy atom. The van der Waals surface area contributed by atoms with Crippen LogP contribution in [0.5, 0.6) is 0 Å². The SMILES string of the molecule is CCc1ccccc1NC(=O)CN(C)C(=O)C[NH+](C)CC(=O)NC1CC1. The van der Waals surface area contributed by atoms with Crippen LogP contribution in [0, 0.1) is 0 Å². The van der Waals surface area contributed by atoms with E-state index < -0.39 is 0 Å². The smallest absolute Gasteiger partial charge is 0.277 e. The molecule has 0 saturated heterocycles. The van der Waals surface area contributed by atoms with Gasteiger partial charge in [-0.25, -0.2) is 0 Å². The van der Waals surface area contributed by atoms with Crippen molar-refractivity contribution >= 4 is 23.4 Å². The summed E-state index contributed by atoms with van der Waals surface area (Å²) in [6, 6.07) is 7.95. The lowest BCUT2D eigenvalue weighted by molar-refractivity contribution is -0.862. The molecule has 1 aromatic carbocycles. The van der Waals surface area contributed by atoms with E-state index in [0.29, 0.717) is 6.04 Å². The molecule has 3 N–H and O–H groups in total. The summed E-state index contributed by atoms with van der Waals surface area (Å²) in [6.07, 6.45) is 2.91. The van der Waals surface area contributed by atoms with Gasteiger partial charge in [0.1, 0.15) is 0 Å². The number of amides is 3. The van der Waals surface area contributed by atoms with Crippen molar-refractivity contribution in [1.29, 1.82) is 0 Å². The molecule has 0 aliphatic heterocycles. The van der Waals surface area contributed by atoms with Crippen LogP contribution in [0.25, 0.3) is 0 Å². The monoisotopic (exact) mass is 361 g/mol. The number of nitrogens with one attached hydrogen (secondary N) is 3. The summed E-state index contributed by atoms with van der Waals surface area (Å²) in [5.41, 5.74) is 1.83. The number of quaternary nitrogens is 1. The van der Waals surface area contributed by atoms with Crippen molar-refractivity contribution in [2.75, 3.05) is 39.0 Å². The number of carbonyl (C=O) groups is 3. The third-order valence-corrected chi connectivity index (χ3v) is 4.34. The van der Waals surface area contributed by atoms with Gasteiger partial charge in [-0.15, -0.1) is 0 Å². The van der Waals surface area contributed by atoms with Crippen LogP contribution in [0.15, 0.2) is 24.3 Å². The standard InChI is InChI=1S/C19H28N4O3/c1-4-14-7-5-6-8-16(14)21-18(25)12-23(3)19(26)13-22(2)11-17(24)20-15-9-10-15/h5-8,15H,4,9-13H2,1-3H3,(H,20,24)(H,21,25)/p+1. The van der Waals surface area contributed by atoms with E-state index in [1.165, 1.54) is 4.90 Å². The van der Waals surface area contributed by atoms with Gasteiger partial charge in [0.15, 0.2) is 13.1 Å². The molecule has 0 aromatic heterocycles. The van der Waals surface area contributed by atoms with Crippen molar-refractivity contribution in [3.05, 3.63) is 29.8 Å². The molecule has 1 aromatic rings. The number of benzene rings is 1. The second-order valence-electron chi connectivity index (χ2n) is 6.96. The highest BCUT2D eigenvalue weighted by Crippen LogP contribution is 2.18. The topological polar surface area (TPSA) is 83.0 Å². The van der Waals surface area contributed by atoms with Gasteiger partial charge in [0.05, 0.1) is 13.6 Å². The molecule has 7 heteroatoms. The molecular weight excluding hydrogens is 332 g/mol. The third kappa shape index (κ3) is 6.48. The number of hydrogen-bond donors (Lipinski definition) is 3. The van der Waals surface area contributed by atoms with Crippen molar-refractivity contribution < 1.29 is 19.3 Å². The second kappa shape index (κ2) is 9.33. The van der Waals surface area contributed by atoms with Crippen LogP contribution in [0.4, 0.5) is 5.69 Å². The van der Waals surface area contributed by atoms with Gasteiger partial charge in [-0.2, -0.15) is 0 Å². The highest BCUT2D eigenvalue weighted by Gasteiger charge is 2.25. The summed E-state index contributed by atoms with van der Waals surface area (Å²) in [4.78, 5) is 38.5. The van der Waals surface area contributed by atoms with Crippen LogP contribution in [-0.2, 0) is 20.8 Å². The first kappa shape index (κ1) is 19.9. The van der Waals surface area contributed by atoms with E-state index in [1.54, 1.807) is 14.1 Å². The Labute approximate surface area is 154 Å². The fourth-order valence-electron chi connectivity index (χ4n) is 2.68.